The van der Waals surface area contributed by atoms with Gasteiger partial charge in [0.25, 0.3) is 5.91 Å². The maximum Gasteiger partial charge on any atom is 0.338 e. The lowest BCUT2D eigenvalue weighted by Gasteiger charge is -2.04. The molecule has 0 unspecified atom stereocenters. The Kier molecular flexibility index (Phi) is 6.42. The first-order valence-corrected chi connectivity index (χ1v) is 11.1. The molecular weight excluding hydrogens is 420 g/mol. The predicted octanol–water partition coefficient (Wildman–Crippen LogP) is 5.47. The molecule has 160 valence electrons. The molecule has 6 heteroatoms. The Hall–Kier alpha value is -3.77. The van der Waals surface area contributed by atoms with Crippen molar-refractivity contribution in [1.82, 2.24) is 4.57 Å². The molecule has 0 spiro atoms. The molecule has 0 saturated carbocycles. The lowest BCUT2D eigenvalue weighted by molar-refractivity contribution is 0.0526. The summed E-state index contributed by atoms with van der Waals surface area (Å²) in [4.78, 5) is 29.9. The molecular formula is C26H22N2O3S. The molecule has 0 aliphatic heterocycles. The SMILES string of the molecule is C=CCn1c(=NC(=O)c2ccc(-c3ccccc3)cc2)sc2cc(C(=O)OCC)ccc21. The lowest BCUT2D eigenvalue weighted by Crippen LogP contribution is -2.16. The van der Waals surface area contributed by atoms with Crippen LogP contribution in [0, 0.1) is 0 Å². The van der Waals surface area contributed by atoms with E-state index < -0.39 is 0 Å². The van der Waals surface area contributed by atoms with Crippen molar-refractivity contribution in [3.05, 3.63) is 101 Å². The second-order valence-electron chi connectivity index (χ2n) is 7.05. The smallest absolute Gasteiger partial charge is 0.338 e. The van der Waals surface area contributed by atoms with Gasteiger partial charge in [0.1, 0.15) is 0 Å². The fourth-order valence-electron chi connectivity index (χ4n) is 3.39. The van der Waals surface area contributed by atoms with Crippen molar-refractivity contribution in [1.29, 1.82) is 0 Å². The Labute approximate surface area is 189 Å². The summed E-state index contributed by atoms with van der Waals surface area (Å²) in [5.41, 5.74) is 4.00. The lowest BCUT2D eigenvalue weighted by atomic mass is 10.0. The first-order chi connectivity index (χ1) is 15.6. The van der Waals surface area contributed by atoms with Crippen molar-refractivity contribution in [2.75, 3.05) is 6.61 Å². The van der Waals surface area contributed by atoms with Crippen molar-refractivity contribution in [2.45, 2.75) is 13.5 Å². The number of nitrogens with zero attached hydrogens (tertiary/aromatic N) is 2. The van der Waals surface area contributed by atoms with E-state index in [-0.39, 0.29) is 11.9 Å². The summed E-state index contributed by atoms with van der Waals surface area (Å²) >= 11 is 1.36. The van der Waals surface area contributed by atoms with Gasteiger partial charge in [-0.15, -0.1) is 6.58 Å². The van der Waals surface area contributed by atoms with Crippen molar-refractivity contribution in [3.8, 4) is 11.1 Å². The molecule has 0 saturated heterocycles. The third kappa shape index (κ3) is 4.45. The number of amides is 1. The van der Waals surface area contributed by atoms with Gasteiger partial charge in [-0.05, 0) is 48.4 Å². The fourth-order valence-corrected chi connectivity index (χ4v) is 4.47. The summed E-state index contributed by atoms with van der Waals surface area (Å²) in [6.45, 7) is 6.40. The molecule has 4 rings (SSSR count). The van der Waals surface area contributed by atoms with Gasteiger partial charge in [0.2, 0.25) is 0 Å². The molecule has 0 N–H and O–H groups in total. The van der Waals surface area contributed by atoms with Crippen LogP contribution in [-0.4, -0.2) is 23.1 Å². The van der Waals surface area contributed by atoms with Gasteiger partial charge in [-0.3, -0.25) is 4.79 Å². The zero-order chi connectivity index (χ0) is 22.5. The van der Waals surface area contributed by atoms with E-state index in [2.05, 4.69) is 11.6 Å². The number of hydrogen-bond donors (Lipinski definition) is 0. The maximum absolute atomic E-state index is 12.9. The molecule has 1 heterocycles. The predicted molar refractivity (Wildman–Crippen MR) is 128 cm³/mol. The van der Waals surface area contributed by atoms with Gasteiger partial charge < -0.3 is 9.30 Å². The van der Waals surface area contributed by atoms with Crippen LogP contribution in [0.2, 0.25) is 0 Å². The Bertz CT molecular complexity index is 1350. The van der Waals surface area contributed by atoms with Crippen LogP contribution in [0.4, 0.5) is 0 Å². The Morgan fingerprint density at radius 1 is 1.00 bits per heavy atom. The fraction of sp³-hybridized carbons (Fsp3) is 0.115. The van der Waals surface area contributed by atoms with Crippen LogP contribution >= 0.6 is 11.3 Å². The first-order valence-electron chi connectivity index (χ1n) is 10.3. The summed E-state index contributed by atoms with van der Waals surface area (Å²) in [7, 11) is 0. The van der Waals surface area contributed by atoms with Crippen LogP contribution in [0.15, 0.2) is 90.4 Å². The van der Waals surface area contributed by atoms with E-state index in [1.165, 1.54) is 11.3 Å². The summed E-state index contributed by atoms with van der Waals surface area (Å²) in [6.07, 6.45) is 1.75. The maximum atomic E-state index is 12.9. The zero-order valence-electron chi connectivity index (χ0n) is 17.7. The number of ether oxygens (including phenoxy) is 1. The molecule has 4 aromatic rings. The van der Waals surface area contributed by atoms with E-state index in [0.717, 1.165) is 21.3 Å². The standard InChI is InChI=1S/C26H22N2O3S/c1-3-16-28-22-15-14-21(25(30)31-4-2)17-23(22)32-26(28)27-24(29)20-12-10-19(11-13-20)18-8-6-5-7-9-18/h3,5-15,17H,1,4,16H2,2H3. The molecule has 32 heavy (non-hydrogen) atoms. The molecule has 5 nitrogen and oxygen atoms in total. The van der Waals surface area contributed by atoms with Crippen molar-refractivity contribution < 1.29 is 14.3 Å². The third-order valence-corrected chi connectivity index (χ3v) is 5.98. The summed E-state index contributed by atoms with van der Waals surface area (Å²) in [6, 6.07) is 22.8. The van der Waals surface area contributed by atoms with E-state index in [0.29, 0.717) is 29.1 Å². The van der Waals surface area contributed by atoms with Crippen LogP contribution in [0.5, 0.6) is 0 Å². The van der Waals surface area contributed by atoms with Crippen molar-refractivity contribution >= 4 is 33.4 Å². The van der Waals surface area contributed by atoms with Crippen LogP contribution in [0.3, 0.4) is 0 Å². The summed E-state index contributed by atoms with van der Waals surface area (Å²) in [5, 5.41) is 0. The van der Waals surface area contributed by atoms with Crippen LogP contribution in [0.1, 0.15) is 27.6 Å². The summed E-state index contributed by atoms with van der Waals surface area (Å²) < 4.78 is 7.86. The average Bonchev–Trinajstić information content (AvgIpc) is 3.16. The number of esters is 1. The number of aromatic nitrogens is 1. The molecule has 0 fully saturated rings. The monoisotopic (exact) mass is 442 g/mol. The van der Waals surface area contributed by atoms with Gasteiger partial charge in [-0.1, -0.05) is 59.9 Å². The van der Waals surface area contributed by atoms with Gasteiger partial charge in [-0.25, -0.2) is 4.79 Å². The quantitative estimate of drug-likeness (QED) is 0.294. The minimum atomic E-state index is -0.369. The number of carbonyl (C=O) groups is 2. The van der Waals surface area contributed by atoms with E-state index in [4.69, 9.17) is 4.74 Å². The number of benzene rings is 3. The second kappa shape index (κ2) is 9.58. The molecule has 0 radical (unpaired) electrons. The molecule has 0 bridgehead atoms. The topological polar surface area (TPSA) is 60.7 Å². The van der Waals surface area contributed by atoms with Gasteiger partial charge in [0.05, 0.1) is 22.4 Å². The van der Waals surface area contributed by atoms with Crippen LogP contribution in [-0.2, 0) is 11.3 Å². The van der Waals surface area contributed by atoms with Crippen molar-refractivity contribution in [2.24, 2.45) is 4.99 Å². The highest BCUT2D eigenvalue weighted by Gasteiger charge is 2.13. The first kappa shape index (κ1) is 21.5. The second-order valence-corrected chi connectivity index (χ2v) is 8.06. The third-order valence-electron chi connectivity index (χ3n) is 4.94. The average molecular weight is 443 g/mol. The number of thiazole rings is 1. The number of allylic oxidation sites excluding steroid dienone is 1. The van der Waals surface area contributed by atoms with Crippen molar-refractivity contribution in [3.63, 3.8) is 0 Å². The molecule has 1 amide bonds. The van der Waals surface area contributed by atoms with Gasteiger partial charge in [0, 0.05) is 12.1 Å². The Morgan fingerprint density at radius 3 is 2.38 bits per heavy atom. The summed E-state index contributed by atoms with van der Waals surface area (Å²) in [5.74, 6) is -0.689. The van der Waals surface area contributed by atoms with E-state index in [9.17, 15) is 9.59 Å². The van der Waals surface area contributed by atoms with E-state index in [1.54, 1.807) is 37.3 Å². The largest absolute Gasteiger partial charge is 0.462 e. The Balaban J connectivity index is 1.70. The minimum absolute atomic E-state index is 0.315. The molecule has 0 aliphatic carbocycles. The minimum Gasteiger partial charge on any atom is -0.462 e. The molecule has 0 atom stereocenters. The van der Waals surface area contributed by atoms with E-state index >= 15 is 0 Å². The Morgan fingerprint density at radius 2 is 1.69 bits per heavy atom. The number of rotatable bonds is 6. The van der Waals surface area contributed by atoms with Gasteiger partial charge in [0.15, 0.2) is 4.80 Å². The number of hydrogen-bond acceptors (Lipinski definition) is 4. The van der Waals surface area contributed by atoms with Crippen LogP contribution < -0.4 is 4.80 Å². The highest BCUT2D eigenvalue weighted by molar-refractivity contribution is 7.16. The van der Waals surface area contributed by atoms with Gasteiger partial charge >= 0.3 is 5.97 Å². The molecule has 1 aromatic heterocycles. The zero-order valence-corrected chi connectivity index (χ0v) is 18.5. The van der Waals surface area contributed by atoms with Gasteiger partial charge in [-0.2, -0.15) is 4.99 Å². The van der Waals surface area contributed by atoms with Crippen LogP contribution in [0.25, 0.3) is 21.3 Å². The highest BCUT2D eigenvalue weighted by atomic mass is 32.1. The number of fused-ring (bicyclic) bond motifs is 1. The molecule has 0 aliphatic rings. The molecule has 3 aromatic carbocycles. The highest BCUT2D eigenvalue weighted by Crippen LogP contribution is 2.21. The number of carbonyl (C=O) groups excluding carboxylic acids is 2. The van der Waals surface area contributed by atoms with E-state index in [1.807, 2.05) is 53.1 Å². The normalized spacial score (nSPS) is 11.5.